The van der Waals surface area contributed by atoms with Gasteiger partial charge in [0.1, 0.15) is 5.60 Å². The smallest absolute Gasteiger partial charge is 0.422 e. The Bertz CT molecular complexity index is 534. The van der Waals surface area contributed by atoms with Gasteiger partial charge in [-0.05, 0) is 39.2 Å². The number of unbranched alkanes of at least 4 members (excludes halogenated alkanes) is 4. The minimum Gasteiger partial charge on any atom is -0.443 e. The fourth-order valence-electron chi connectivity index (χ4n) is 2.19. The van der Waals surface area contributed by atoms with Crippen molar-refractivity contribution in [1.29, 1.82) is 0 Å². The van der Waals surface area contributed by atoms with Crippen molar-refractivity contribution in [2.45, 2.75) is 71.8 Å². The van der Waals surface area contributed by atoms with E-state index < -0.39 is 5.60 Å². The van der Waals surface area contributed by atoms with Gasteiger partial charge >= 0.3 is 6.09 Å². The van der Waals surface area contributed by atoms with Crippen LogP contribution in [-0.2, 0) is 11.2 Å². The third-order valence-corrected chi connectivity index (χ3v) is 3.45. The molecule has 0 N–H and O–H groups in total. The van der Waals surface area contributed by atoms with Gasteiger partial charge in [-0.15, -0.1) is 0 Å². The van der Waals surface area contributed by atoms with E-state index in [2.05, 4.69) is 31.0 Å². The van der Waals surface area contributed by atoms with Crippen LogP contribution in [0.25, 0.3) is 0 Å². The van der Waals surface area contributed by atoms with Crippen LogP contribution in [0.3, 0.4) is 0 Å². The topological polar surface area (TPSA) is 29.5 Å². The molecule has 3 nitrogen and oxygen atoms in total. The molecule has 0 saturated carbocycles. The van der Waals surface area contributed by atoms with E-state index in [4.69, 9.17) is 4.74 Å². The number of carbonyl (C=O) groups is 1. The molecular weight excluding hydrogens is 298 g/mol. The second-order valence-corrected chi connectivity index (χ2v) is 6.97. The maximum absolute atomic E-state index is 12.3. The van der Waals surface area contributed by atoms with Crippen LogP contribution >= 0.6 is 0 Å². The lowest BCUT2D eigenvalue weighted by Gasteiger charge is -2.23. The van der Waals surface area contributed by atoms with E-state index in [0.29, 0.717) is 6.54 Å². The summed E-state index contributed by atoms with van der Waals surface area (Å²) in [6.07, 6.45) is 5.97. The first-order valence-corrected chi connectivity index (χ1v) is 8.95. The van der Waals surface area contributed by atoms with Crippen LogP contribution in [0.2, 0.25) is 0 Å². The number of rotatable bonds is 7. The van der Waals surface area contributed by atoms with Crippen LogP contribution in [0.4, 0.5) is 4.79 Å². The monoisotopic (exact) mass is 329 g/mol. The summed E-state index contributed by atoms with van der Waals surface area (Å²) in [6.45, 7) is 8.36. The molecular formula is C21H31NO2. The Labute approximate surface area is 147 Å². The van der Waals surface area contributed by atoms with Crippen molar-refractivity contribution >= 4 is 6.09 Å². The molecule has 0 spiro atoms. The third-order valence-electron chi connectivity index (χ3n) is 3.45. The summed E-state index contributed by atoms with van der Waals surface area (Å²) < 4.78 is 5.47. The molecule has 1 aromatic carbocycles. The highest BCUT2D eigenvalue weighted by Gasteiger charge is 2.21. The molecule has 0 fully saturated rings. The lowest BCUT2D eigenvalue weighted by molar-refractivity contribution is 0.0353. The Morgan fingerprint density at radius 2 is 1.83 bits per heavy atom. The van der Waals surface area contributed by atoms with Crippen molar-refractivity contribution in [3.05, 3.63) is 35.9 Å². The molecule has 24 heavy (non-hydrogen) atoms. The zero-order valence-corrected chi connectivity index (χ0v) is 15.6. The minimum atomic E-state index is -0.509. The third kappa shape index (κ3) is 9.25. The summed E-state index contributed by atoms with van der Waals surface area (Å²) in [4.78, 5) is 13.9. The van der Waals surface area contributed by atoms with Gasteiger partial charge in [0, 0.05) is 19.0 Å². The maximum Gasteiger partial charge on any atom is 0.422 e. The standard InChI is InChI=1S/C21H31NO2/c1-5-6-7-8-9-13-17-22(20(23)24-21(2,3)4)18-16-19-14-11-10-12-15-19/h10-12,14-15H,5-9,16,18H2,1-4H3. The molecule has 1 aromatic rings. The first-order valence-electron chi connectivity index (χ1n) is 8.95. The number of carbonyl (C=O) groups excluding carboxylic acids is 1. The van der Waals surface area contributed by atoms with Crippen LogP contribution in [-0.4, -0.2) is 23.1 Å². The fourth-order valence-corrected chi connectivity index (χ4v) is 2.19. The molecule has 0 aromatic heterocycles. The summed E-state index contributed by atoms with van der Waals surface area (Å²) in [5.74, 6) is 3.12. The summed E-state index contributed by atoms with van der Waals surface area (Å²) in [5.41, 5.74) is 0.682. The van der Waals surface area contributed by atoms with Crippen LogP contribution in [0.5, 0.6) is 0 Å². The quantitative estimate of drug-likeness (QED) is 0.381. The lowest BCUT2D eigenvalue weighted by Crippen LogP contribution is -2.35. The highest BCUT2D eigenvalue weighted by Crippen LogP contribution is 2.11. The van der Waals surface area contributed by atoms with E-state index in [1.54, 1.807) is 0 Å². The van der Waals surface area contributed by atoms with Crippen molar-refractivity contribution in [3.63, 3.8) is 0 Å². The van der Waals surface area contributed by atoms with Crippen LogP contribution < -0.4 is 0 Å². The van der Waals surface area contributed by atoms with Crippen molar-refractivity contribution in [2.24, 2.45) is 0 Å². The second kappa shape index (κ2) is 10.8. The van der Waals surface area contributed by atoms with Gasteiger partial charge in [0.05, 0.1) is 0 Å². The average molecular weight is 329 g/mol. The van der Waals surface area contributed by atoms with Gasteiger partial charge in [-0.2, -0.15) is 0 Å². The normalized spacial score (nSPS) is 10.7. The molecule has 0 saturated heterocycles. The predicted molar refractivity (Wildman–Crippen MR) is 99.6 cm³/mol. The molecule has 0 unspecified atom stereocenters. The number of nitrogens with zero attached hydrogens (tertiary/aromatic N) is 1. The van der Waals surface area contributed by atoms with E-state index in [9.17, 15) is 4.79 Å². The molecule has 132 valence electrons. The van der Waals surface area contributed by atoms with Crippen LogP contribution in [0.15, 0.2) is 30.3 Å². The number of hydrogen-bond acceptors (Lipinski definition) is 2. The Morgan fingerprint density at radius 1 is 1.12 bits per heavy atom. The van der Waals surface area contributed by atoms with Crippen LogP contribution in [0, 0.1) is 12.0 Å². The largest absolute Gasteiger partial charge is 0.443 e. The van der Waals surface area contributed by atoms with Gasteiger partial charge in [0.25, 0.3) is 0 Å². The molecule has 0 radical (unpaired) electrons. The van der Waals surface area contributed by atoms with Crippen molar-refractivity contribution < 1.29 is 9.53 Å². The average Bonchev–Trinajstić information content (AvgIpc) is 2.52. The summed E-state index contributed by atoms with van der Waals surface area (Å²) in [6, 6.07) is 13.1. The zero-order chi connectivity index (χ0) is 17.8. The highest BCUT2D eigenvalue weighted by molar-refractivity contribution is 5.70. The number of ether oxygens (including phenoxy) is 1. The Hall–Kier alpha value is -1.95. The molecule has 1 amide bonds. The molecule has 3 heteroatoms. The van der Waals surface area contributed by atoms with Crippen LogP contribution in [0.1, 0.15) is 65.4 Å². The minimum absolute atomic E-state index is 0.362. The number of amides is 1. The zero-order valence-electron chi connectivity index (χ0n) is 15.6. The van der Waals surface area contributed by atoms with E-state index >= 15 is 0 Å². The Morgan fingerprint density at radius 3 is 2.46 bits per heavy atom. The van der Waals surface area contributed by atoms with E-state index in [1.165, 1.54) is 29.7 Å². The molecule has 0 atom stereocenters. The van der Waals surface area contributed by atoms with Gasteiger partial charge in [0.2, 0.25) is 0 Å². The van der Waals surface area contributed by atoms with Crippen molar-refractivity contribution in [1.82, 2.24) is 4.90 Å². The summed E-state index contributed by atoms with van der Waals surface area (Å²) >= 11 is 0. The van der Waals surface area contributed by atoms with Gasteiger partial charge in [-0.25, -0.2) is 9.69 Å². The predicted octanol–water partition coefficient (Wildman–Crippen LogP) is 5.40. The first-order chi connectivity index (χ1) is 11.4. The molecule has 0 heterocycles. The summed E-state index contributed by atoms with van der Waals surface area (Å²) in [5, 5.41) is 0. The number of benzene rings is 1. The van der Waals surface area contributed by atoms with Gasteiger partial charge in [-0.1, -0.05) is 62.4 Å². The highest BCUT2D eigenvalue weighted by atomic mass is 16.6. The molecule has 0 aliphatic carbocycles. The van der Waals surface area contributed by atoms with Gasteiger partial charge in [-0.3, -0.25) is 0 Å². The number of hydrogen-bond donors (Lipinski definition) is 0. The Balaban J connectivity index is 2.61. The molecule has 0 aliphatic heterocycles. The second-order valence-electron chi connectivity index (χ2n) is 6.97. The van der Waals surface area contributed by atoms with E-state index in [1.807, 2.05) is 39.0 Å². The van der Waals surface area contributed by atoms with Crippen molar-refractivity contribution in [3.8, 4) is 12.0 Å². The van der Waals surface area contributed by atoms with E-state index in [-0.39, 0.29) is 6.09 Å². The molecule has 1 rings (SSSR count). The van der Waals surface area contributed by atoms with Gasteiger partial charge < -0.3 is 4.74 Å². The molecule has 0 aliphatic rings. The summed E-state index contributed by atoms with van der Waals surface area (Å²) in [7, 11) is 0. The van der Waals surface area contributed by atoms with Crippen molar-refractivity contribution in [2.75, 3.05) is 6.54 Å². The first kappa shape index (κ1) is 20.1. The lowest BCUT2D eigenvalue weighted by atomic mass is 10.1. The van der Waals surface area contributed by atoms with E-state index in [0.717, 1.165) is 19.3 Å². The maximum atomic E-state index is 12.3. The fraction of sp³-hybridized carbons (Fsp3) is 0.571. The SMILES string of the molecule is CCCCCCC#CN(CCc1ccccc1)C(=O)OC(C)(C)C. The van der Waals surface area contributed by atoms with Gasteiger partial charge in [0.15, 0.2) is 0 Å². The Kier molecular flexibility index (Phi) is 9.01. The molecule has 0 bridgehead atoms.